The minimum Gasteiger partial charge on any atom is -0.468 e. The normalized spacial score (nSPS) is 13.3. The average Bonchev–Trinajstić information content (AvgIpc) is 2.73. The second kappa shape index (κ2) is 12.3. The summed E-state index contributed by atoms with van der Waals surface area (Å²) in [5, 5.41) is 5.15. The van der Waals surface area contributed by atoms with Crippen LogP contribution in [0.5, 0.6) is 0 Å². The fourth-order valence-corrected chi connectivity index (χ4v) is 3.68. The lowest BCUT2D eigenvalue weighted by Crippen LogP contribution is -2.59. The summed E-state index contributed by atoms with van der Waals surface area (Å²) in [5.41, 5.74) is 0.684. The molecule has 0 saturated carbocycles. The Morgan fingerprint density at radius 1 is 1.06 bits per heavy atom. The number of benzene rings is 1. The van der Waals surface area contributed by atoms with Crippen molar-refractivity contribution in [3.63, 3.8) is 0 Å². The third-order valence-electron chi connectivity index (χ3n) is 5.00. The zero-order valence-electron chi connectivity index (χ0n) is 22.1. The number of nitrogens with one attached hydrogen (secondary N) is 2. The van der Waals surface area contributed by atoms with E-state index < -0.39 is 47.1 Å². The summed E-state index contributed by atoms with van der Waals surface area (Å²) in [4.78, 5) is 52.9. The highest BCUT2D eigenvalue weighted by Gasteiger charge is 2.42. The molecule has 0 radical (unpaired) electrons. The standard InChI is InChI=1S/C25H39N3O6S/c1-15-10-11-16(2)17(12-15)20(21(30)26-13-19(29)33-9)28(24(3,4)5)22(31)18(14-35)27-23(32)34-25(6,7)8/h10-12,18,20,35H,13-14H2,1-9H3,(H,26,30)(H,27,32). The maximum absolute atomic E-state index is 13.9. The fourth-order valence-electron chi connectivity index (χ4n) is 3.43. The number of amides is 3. The number of hydrogen-bond acceptors (Lipinski definition) is 7. The van der Waals surface area contributed by atoms with E-state index in [4.69, 9.17) is 4.74 Å². The molecule has 196 valence electrons. The molecule has 0 aliphatic rings. The summed E-state index contributed by atoms with van der Waals surface area (Å²) >= 11 is 4.28. The molecule has 0 aliphatic carbocycles. The van der Waals surface area contributed by atoms with Crippen LogP contribution in [0.15, 0.2) is 18.2 Å². The van der Waals surface area contributed by atoms with Crippen LogP contribution in [-0.4, -0.2) is 65.4 Å². The Hall–Kier alpha value is -2.75. The Kier molecular flexibility index (Phi) is 10.6. The summed E-state index contributed by atoms with van der Waals surface area (Å²) in [5.74, 6) is -1.71. The first-order valence-electron chi connectivity index (χ1n) is 11.4. The van der Waals surface area contributed by atoms with Gasteiger partial charge in [0.05, 0.1) is 7.11 Å². The highest BCUT2D eigenvalue weighted by atomic mass is 32.1. The molecule has 0 bridgehead atoms. The lowest BCUT2D eigenvalue weighted by molar-refractivity contribution is -0.149. The van der Waals surface area contributed by atoms with Crippen molar-refractivity contribution in [3.05, 3.63) is 34.9 Å². The number of esters is 1. The lowest BCUT2D eigenvalue weighted by Gasteiger charge is -2.43. The van der Waals surface area contributed by atoms with E-state index in [0.717, 1.165) is 11.1 Å². The van der Waals surface area contributed by atoms with Gasteiger partial charge in [0.2, 0.25) is 11.8 Å². The molecule has 2 N–H and O–H groups in total. The van der Waals surface area contributed by atoms with Crippen LogP contribution in [0.3, 0.4) is 0 Å². The van der Waals surface area contributed by atoms with Crippen LogP contribution in [0.2, 0.25) is 0 Å². The van der Waals surface area contributed by atoms with E-state index in [0.29, 0.717) is 5.56 Å². The highest BCUT2D eigenvalue weighted by molar-refractivity contribution is 7.80. The van der Waals surface area contributed by atoms with Gasteiger partial charge in [-0.3, -0.25) is 14.4 Å². The van der Waals surface area contributed by atoms with Crippen molar-refractivity contribution in [1.29, 1.82) is 0 Å². The second-order valence-electron chi connectivity index (χ2n) is 10.3. The quantitative estimate of drug-likeness (QED) is 0.367. The van der Waals surface area contributed by atoms with Gasteiger partial charge in [-0.1, -0.05) is 23.8 Å². The predicted octanol–water partition coefficient (Wildman–Crippen LogP) is 3.08. The van der Waals surface area contributed by atoms with Crippen molar-refractivity contribution in [2.45, 2.75) is 78.6 Å². The molecule has 1 aromatic carbocycles. The third kappa shape index (κ3) is 9.08. The largest absolute Gasteiger partial charge is 0.468 e. The van der Waals surface area contributed by atoms with E-state index in [9.17, 15) is 19.2 Å². The van der Waals surface area contributed by atoms with Crippen molar-refractivity contribution in [1.82, 2.24) is 15.5 Å². The van der Waals surface area contributed by atoms with Crippen LogP contribution in [0.1, 0.15) is 64.3 Å². The average molecular weight is 510 g/mol. The number of nitrogens with zero attached hydrogens (tertiary/aromatic N) is 1. The first-order valence-corrected chi connectivity index (χ1v) is 12.0. The molecule has 0 fully saturated rings. The van der Waals surface area contributed by atoms with Crippen molar-refractivity contribution in [3.8, 4) is 0 Å². The summed E-state index contributed by atoms with van der Waals surface area (Å²) in [6, 6.07) is 3.46. The number of aryl methyl sites for hydroxylation is 2. The first-order chi connectivity index (χ1) is 16.0. The smallest absolute Gasteiger partial charge is 0.408 e. The molecule has 0 aromatic heterocycles. The molecule has 0 spiro atoms. The Balaban J connectivity index is 3.54. The summed E-state index contributed by atoms with van der Waals surface area (Å²) in [6.45, 7) is 13.9. The van der Waals surface area contributed by atoms with Gasteiger partial charge >= 0.3 is 12.1 Å². The molecule has 0 heterocycles. The zero-order chi connectivity index (χ0) is 27.1. The van der Waals surface area contributed by atoms with Gasteiger partial charge in [0.25, 0.3) is 0 Å². The molecular weight excluding hydrogens is 470 g/mol. The number of methoxy groups -OCH3 is 1. The van der Waals surface area contributed by atoms with Crippen molar-refractivity contribution >= 4 is 36.5 Å². The number of ether oxygens (including phenoxy) is 2. The number of alkyl carbamates (subject to hydrolysis) is 1. The number of rotatable bonds is 8. The van der Waals surface area contributed by atoms with Crippen molar-refractivity contribution in [2.24, 2.45) is 0 Å². The van der Waals surface area contributed by atoms with Crippen LogP contribution in [0.4, 0.5) is 4.79 Å². The van der Waals surface area contributed by atoms with E-state index in [1.165, 1.54) is 12.0 Å². The van der Waals surface area contributed by atoms with Crippen molar-refractivity contribution < 1.29 is 28.7 Å². The van der Waals surface area contributed by atoms with Crippen LogP contribution >= 0.6 is 12.6 Å². The SMILES string of the molecule is COC(=O)CNC(=O)C(c1cc(C)ccc1C)N(C(=O)C(CS)NC(=O)OC(C)(C)C)C(C)(C)C. The number of hydrogen-bond donors (Lipinski definition) is 3. The van der Waals surface area contributed by atoms with Crippen LogP contribution in [-0.2, 0) is 23.9 Å². The highest BCUT2D eigenvalue weighted by Crippen LogP contribution is 2.32. The Bertz CT molecular complexity index is 936. The van der Waals surface area contributed by atoms with Gasteiger partial charge in [0.15, 0.2) is 0 Å². The minimum atomic E-state index is -1.09. The van der Waals surface area contributed by atoms with Crippen LogP contribution in [0.25, 0.3) is 0 Å². The molecule has 3 amide bonds. The Morgan fingerprint density at radius 2 is 1.66 bits per heavy atom. The van der Waals surface area contributed by atoms with Gasteiger partial charge in [0.1, 0.15) is 24.2 Å². The molecule has 9 nitrogen and oxygen atoms in total. The molecule has 0 saturated heterocycles. The predicted molar refractivity (Wildman–Crippen MR) is 137 cm³/mol. The van der Waals surface area contributed by atoms with Gasteiger partial charge < -0.3 is 25.0 Å². The van der Waals surface area contributed by atoms with Gasteiger partial charge in [-0.05, 0) is 66.5 Å². The van der Waals surface area contributed by atoms with Crippen LogP contribution < -0.4 is 10.6 Å². The van der Waals surface area contributed by atoms with Crippen LogP contribution in [0, 0.1) is 13.8 Å². The van der Waals surface area contributed by atoms with E-state index >= 15 is 0 Å². The molecule has 0 aliphatic heterocycles. The first kappa shape index (κ1) is 30.3. The van der Waals surface area contributed by atoms with Gasteiger partial charge in [-0.25, -0.2) is 4.79 Å². The number of carbonyl (C=O) groups excluding carboxylic acids is 4. The maximum atomic E-state index is 13.9. The number of thiol groups is 1. The molecule has 2 atom stereocenters. The van der Waals surface area contributed by atoms with Gasteiger partial charge in [0, 0.05) is 11.3 Å². The molecule has 1 rings (SSSR count). The Labute approximate surface area is 213 Å². The van der Waals surface area contributed by atoms with E-state index in [1.54, 1.807) is 41.5 Å². The second-order valence-corrected chi connectivity index (χ2v) is 10.7. The summed E-state index contributed by atoms with van der Waals surface area (Å²) in [6.07, 6.45) is -0.766. The molecule has 1 aromatic rings. The third-order valence-corrected chi connectivity index (χ3v) is 5.37. The maximum Gasteiger partial charge on any atom is 0.408 e. The molecular formula is C25H39N3O6S. The topological polar surface area (TPSA) is 114 Å². The van der Waals surface area contributed by atoms with E-state index in [2.05, 4.69) is 28.0 Å². The minimum absolute atomic E-state index is 0.0199. The molecule has 2 unspecified atom stereocenters. The number of carbonyl (C=O) groups is 4. The van der Waals surface area contributed by atoms with Gasteiger partial charge in [-0.15, -0.1) is 0 Å². The lowest BCUT2D eigenvalue weighted by atomic mass is 9.92. The summed E-state index contributed by atoms with van der Waals surface area (Å²) in [7, 11) is 1.22. The van der Waals surface area contributed by atoms with E-state index in [1.807, 2.05) is 32.0 Å². The molecule has 35 heavy (non-hydrogen) atoms. The fraction of sp³-hybridized carbons (Fsp3) is 0.600. The van der Waals surface area contributed by atoms with E-state index in [-0.39, 0.29) is 12.3 Å². The molecule has 10 heteroatoms. The monoisotopic (exact) mass is 509 g/mol. The zero-order valence-corrected chi connectivity index (χ0v) is 23.0. The Morgan fingerprint density at radius 3 is 2.14 bits per heavy atom. The van der Waals surface area contributed by atoms with Gasteiger partial charge in [-0.2, -0.15) is 12.6 Å². The van der Waals surface area contributed by atoms with Crippen molar-refractivity contribution in [2.75, 3.05) is 19.4 Å². The summed E-state index contributed by atoms with van der Waals surface area (Å²) < 4.78 is 9.94.